The van der Waals surface area contributed by atoms with E-state index in [1.165, 1.54) is 5.56 Å². The number of hydrogen-bond acceptors (Lipinski definition) is 2. The minimum Gasteiger partial charge on any atom is -0.355 e. The van der Waals surface area contributed by atoms with Crippen molar-refractivity contribution in [1.82, 2.24) is 19.9 Å². The van der Waals surface area contributed by atoms with Gasteiger partial charge in [-0.15, -0.1) is 0 Å². The lowest BCUT2D eigenvalue weighted by Gasteiger charge is -2.10. The van der Waals surface area contributed by atoms with Crippen molar-refractivity contribution in [2.75, 3.05) is 0 Å². The summed E-state index contributed by atoms with van der Waals surface area (Å²) in [5, 5.41) is 0. The molecule has 4 nitrogen and oxygen atoms in total. The van der Waals surface area contributed by atoms with E-state index in [9.17, 15) is 0 Å². The standard InChI is InChI=1S/C42H32N4/c1-26-14-16-30(17-15-26)42-37-24-22-35(45-37)40(28-10-4-5-11-28)33-20-18-31(43-33)39(27-8-2-3-9-27)32-19-21-34(44-32)41(29-12-6-7-13-29)36-23-25-38(42)46-36/h2-25,27-29,45-46H,1H3. The summed E-state index contributed by atoms with van der Waals surface area (Å²) < 4.78 is 0. The van der Waals surface area contributed by atoms with Gasteiger partial charge in [0, 0.05) is 62.1 Å². The Morgan fingerprint density at radius 1 is 0.435 bits per heavy atom. The Bertz CT molecular complexity index is 2160. The molecule has 0 saturated carbocycles. The first-order valence-electron chi connectivity index (χ1n) is 16.0. The largest absolute Gasteiger partial charge is 0.355 e. The topological polar surface area (TPSA) is 57.4 Å². The van der Waals surface area contributed by atoms with E-state index in [1.807, 2.05) is 0 Å². The van der Waals surface area contributed by atoms with Crippen LogP contribution in [-0.4, -0.2) is 19.9 Å². The van der Waals surface area contributed by atoms with E-state index in [0.717, 1.165) is 72.7 Å². The Kier molecular flexibility index (Phi) is 6.20. The van der Waals surface area contributed by atoms with Crippen LogP contribution in [0.5, 0.6) is 0 Å². The highest BCUT2D eigenvalue weighted by molar-refractivity contribution is 5.95. The molecule has 5 heterocycles. The Labute approximate surface area is 268 Å². The fourth-order valence-corrected chi connectivity index (χ4v) is 7.22. The highest BCUT2D eigenvalue weighted by atomic mass is 14.8. The molecule has 0 atom stereocenters. The van der Waals surface area contributed by atoms with Gasteiger partial charge in [-0.1, -0.05) is 103 Å². The molecule has 4 heteroatoms. The van der Waals surface area contributed by atoms with Crippen LogP contribution in [0.2, 0.25) is 0 Å². The van der Waals surface area contributed by atoms with Crippen molar-refractivity contribution in [3.63, 3.8) is 0 Å². The lowest BCUT2D eigenvalue weighted by molar-refractivity contribution is 1.03. The van der Waals surface area contributed by atoms with Crippen molar-refractivity contribution in [3.8, 4) is 11.1 Å². The molecular formula is C42H32N4. The zero-order chi connectivity index (χ0) is 30.6. The number of hydrogen-bond donors (Lipinski definition) is 2. The SMILES string of the molecule is Cc1ccc(-c2c3ccc([nH]3)c(C3C=CC=C3)c3nc(c(C4C=CC=C4)c4nc(c(C5C=CC=C5)c5ccc2[nH]5)C=C4)C=C3)cc1. The van der Waals surface area contributed by atoms with Crippen molar-refractivity contribution in [2.24, 2.45) is 0 Å². The second-order valence-corrected chi connectivity index (χ2v) is 12.4. The predicted molar refractivity (Wildman–Crippen MR) is 192 cm³/mol. The summed E-state index contributed by atoms with van der Waals surface area (Å²) in [4.78, 5) is 18.4. The highest BCUT2D eigenvalue weighted by Gasteiger charge is 2.24. The lowest BCUT2D eigenvalue weighted by Crippen LogP contribution is -1.99. The van der Waals surface area contributed by atoms with Gasteiger partial charge in [0.25, 0.3) is 0 Å². The molecule has 220 valence electrons. The third-order valence-electron chi connectivity index (χ3n) is 9.46. The minimum atomic E-state index is 0.106. The van der Waals surface area contributed by atoms with Gasteiger partial charge in [0.2, 0.25) is 0 Å². The number of H-pyrrole nitrogens is 2. The van der Waals surface area contributed by atoms with E-state index in [-0.39, 0.29) is 17.8 Å². The molecule has 0 saturated heterocycles. The van der Waals surface area contributed by atoms with E-state index in [1.54, 1.807) is 0 Å². The molecule has 2 N–H and O–H groups in total. The van der Waals surface area contributed by atoms with E-state index in [0.29, 0.717) is 0 Å². The van der Waals surface area contributed by atoms with Crippen molar-refractivity contribution < 1.29 is 0 Å². The van der Waals surface area contributed by atoms with Gasteiger partial charge >= 0.3 is 0 Å². The summed E-state index contributed by atoms with van der Waals surface area (Å²) in [6.45, 7) is 2.13. The van der Waals surface area contributed by atoms with Crippen LogP contribution >= 0.6 is 0 Å². The number of rotatable bonds is 4. The fourth-order valence-electron chi connectivity index (χ4n) is 7.22. The molecule has 0 radical (unpaired) electrons. The smallest absolute Gasteiger partial charge is 0.0700 e. The van der Waals surface area contributed by atoms with Crippen molar-refractivity contribution >= 4 is 46.4 Å². The van der Waals surface area contributed by atoms with Crippen LogP contribution in [0.1, 0.15) is 62.8 Å². The predicted octanol–water partition coefficient (Wildman–Crippen LogP) is 10.3. The fraction of sp³-hybridized carbons (Fsp3) is 0.0952. The molecule has 3 aromatic heterocycles. The summed E-state index contributed by atoms with van der Waals surface area (Å²) in [6, 6.07) is 17.6. The van der Waals surface area contributed by atoms with Gasteiger partial charge < -0.3 is 9.97 Å². The van der Waals surface area contributed by atoms with Gasteiger partial charge in [-0.2, -0.15) is 0 Å². The molecule has 0 spiro atoms. The van der Waals surface area contributed by atoms with Gasteiger partial charge in [-0.05, 0) is 61.1 Å². The highest BCUT2D eigenvalue weighted by Crippen LogP contribution is 2.38. The number of allylic oxidation sites excluding steroid dienone is 12. The number of nitrogens with zero attached hydrogens (tertiary/aromatic N) is 2. The zero-order valence-electron chi connectivity index (χ0n) is 25.5. The van der Waals surface area contributed by atoms with Gasteiger partial charge in [0.15, 0.2) is 0 Å². The van der Waals surface area contributed by atoms with Crippen LogP contribution < -0.4 is 0 Å². The number of aryl methyl sites for hydroxylation is 1. The Morgan fingerprint density at radius 2 is 0.804 bits per heavy atom. The van der Waals surface area contributed by atoms with Crippen LogP contribution in [-0.2, 0) is 0 Å². The Hall–Kier alpha value is -5.74. The average molecular weight is 593 g/mol. The van der Waals surface area contributed by atoms with Crippen LogP contribution in [0.15, 0.2) is 121 Å². The zero-order valence-corrected chi connectivity index (χ0v) is 25.5. The molecule has 2 aliphatic heterocycles. The Balaban J connectivity index is 1.45. The molecular weight excluding hydrogens is 560 g/mol. The third kappa shape index (κ3) is 4.45. The first kappa shape index (κ1) is 26.6. The Morgan fingerprint density at radius 3 is 1.24 bits per heavy atom. The molecule has 9 rings (SSSR count). The number of aromatic amines is 2. The van der Waals surface area contributed by atoms with E-state index < -0.39 is 0 Å². The second-order valence-electron chi connectivity index (χ2n) is 12.4. The van der Waals surface area contributed by atoms with Gasteiger partial charge in [0.1, 0.15) is 0 Å². The molecule has 0 amide bonds. The van der Waals surface area contributed by atoms with E-state index in [4.69, 9.17) is 9.97 Å². The molecule has 8 bridgehead atoms. The summed E-state index contributed by atoms with van der Waals surface area (Å²) in [7, 11) is 0. The molecule has 4 aromatic rings. The lowest BCUT2D eigenvalue weighted by atomic mass is 9.97. The van der Waals surface area contributed by atoms with Crippen LogP contribution in [0.25, 0.3) is 57.5 Å². The molecule has 0 fully saturated rings. The van der Waals surface area contributed by atoms with Crippen LogP contribution in [0, 0.1) is 6.92 Å². The summed E-state index contributed by atoms with van der Waals surface area (Å²) >= 11 is 0. The second kappa shape index (κ2) is 10.7. The van der Waals surface area contributed by atoms with Crippen LogP contribution in [0.4, 0.5) is 0 Å². The summed E-state index contributed by atoms with van der Waals surface area (Å²) in [5.41, 5.74) is 15.1. The maximum Gasteiger partial charge on any atom is 0.0700 e. The average Bonchev–Trinajstić information content (AvgIpc) is 3.91. The number of fused-ring (bicyclic) bond motifs is 8. The molecule has 46 heavy (non-hydrogen) atoms. The molecule has 1 aromatic carbocycles. The summed E-state index contributed by atoms with van der Waals surface area (Å²) in [6.07, 6.45) is 34.8. The normalized spacial score (nSPS) is 16.7. The molecule has 5 aliphatic rings. The quantitative estimate of drug-likeness (QED) is 0.214. The van der Waals surface area contributed by atoms with Crippen LogP contribution in [0.3, 0.4) is 0 Å². The van der Waals surface area contributed by atoms with Crippen molar-refractivity contribution in [2.45, 2.75) is 24.7 Å². The third-order valence-corrected chi connectivity index (χ3v) is 9.46. The summed E-state index contributed by atoms with van der Waals surface area (Å²) in [5.74, 6) is 0.349. The van der Waals surface area contributed by atoms with E-state index in [2.05, 4.69) is 163 Å². The van der Waals surface area contributed by atoms with Gasteiger partial charge in [0.05, 0.1) is 22.8 Å². The number of nitrogens with one attached hydrogen (secondary N) is 2. The maximum absolute atomic E-state index is 5.34. The maximum atomic E-state index is 5.34. The first-order valence-corrected chi connectivity index (χ1v) is 16.0. The van der Waals surface area contributed by atoms with Gasteiger partial charge in [-0.3, -0.25) is 0 Å². The number of aromatic nitrogens is 4. The number of benzene rings is 1. The van der Waals surface area contributed by atoms with Crippen molar-refractivity contribution in [3.05, 3.63) is 166 Å². The van der Waals surface area contributed by atoms with Crippen molar-refractivity contribution in [1.29, 1.82) is 0 Å². The monoisotopic (exact) mass is 592 g/mol. The van der Waals surface area contributed by atoms with E-state index >= 15 is 0 Å². The minimum absolute atomic E-state index is 0.106. The first-order chi connectivity index (χ1) is 22.7. The molecule has 3 aliphatic carbocycles. The molecule has 0 unspecified atom stereocenters. The van der Waals surface area contributed by atoms with Gasteiger partial charge in [-0.25, -0.2) is 9.97 Å².